The Balaban J connectivity index is 2.86. The zero-order chi connectivity index (χ0) is 12.0. The van der Waals surface area contributed by atoms with Crippen LogP contribution in [-0.4, -0.2) is 4.98 Å². The van der Waals surface area contributed by atoms with Crippen molar-refractivity contribution in [2.24, 2.45) is 0 Å². The fourth-order valence-corrected chi connectivity index (χ4v) is 2.36. The Bertz CT molecular complexity index is 302. The molecular formula is C15H25N. The summed E-state index contributed by atoms with van der Waals surface area (Å²) >= 11 is 0. The fourth-order valence-electron chi connectivity index (χ4n) is 2.36. The van der Waals surface area contributed by atoms with Gasteiger partial charge in [-0.3, -0.25) is 4.98 Å². The molecule has 1 aromatic rings. The first kappa shape index (κ1) is 13.2. The minimum atomic E-state index is 0.325. The summed E-state index contributed by atoms with van der Waals surface area (Å²) in [6, 6.07) is 4.39. The molecule has 0 amide bonds. The number of rotatable bonds is 6. The van der Waals surface area contributed by atoms with E-state index in [4.69, 9.17) is 0 Å². The number of nitrogens with zero attached hydrogens (tertiary/aromatic N) is 1. The van der Waals surface area contributed by atoms with Crippen molar-refractivity contribution in [2.75, 3.05) is 0 Å². The van der Waals surface area contributed by atoms with Crippen molar-refractivity contribution in [2.45, 2.75) is 65.2 Å². The van der Waals surface area contributed by atoms with Crippen molar-refractivity contribution < 1.29 is 0 Å². The molecule has 0 saturated heterocycles. The van der Waals surface area contributed by atoms with Gasteiger partial charge in [0.1, 0.15) is 0 Å². The summed E-state index contributed by atoms with van der Waals surface area (Å²) in [4.78, 5) is 4.44. The van der Waals surface area contributed by atoms with Gasteiger partial charge in [0.2, 0.25) is 0 Å². The number of unbranched alkanes of at least 4 members (excludes halogenated alkanes) is 1. The largest absolute Gasteiger partial charge is 0.261 e. The predicted molar refractivity (Wildman–Crippen MR) is 70.8 cm³/mol. The third-order valence-electron chi connectivity index (χ3n) is 3.49. The third-order valence-corrected chi connectivity index (χ3v) is 3.49. The van der Waals surface area contributed by atoms with Gasteiger partial charge in [0.15, 0.2) is 0 Å². The summed E-state index contributed by atoms with van der Waals surface area (Å²) in [7, 11) is 0. The molecule has 0 fully saturated rings. The molecule has 1 heterocycles. The summed E-state index contributed by atoms with van der Waals surface area (Å²) in [5.41, 5.74) is 2.84. The second-order valence-corrected chi connectivity index (χ2v) is 5.10. The van der Waals surface area contributed by atoms with Crippen LogP contribution in [0, 0.1) is 6.92 Å². The highest BCUT2D eigenvalue weighted by molar-refractivity contribution is 5.22. The number of hydrogen-bond acceptors (Lipinski definition) is 1. The van der Waals surface area contributed by atoms with E-state index in [0.29, 0.717) is 5.41 Å². The topological polar surface area (TPSA) is 12.9 Å². The van der Waals surface area contributed by atoms with Crippen LogP contribution in [0.4, 0.5) is 0 Å². The highest BCUT2D eigenvalue weighted by Gasteiger charge is 2.25. The van der Waals surface area contributed by atoms with E-state index in [0.717, 1.165) is 5.69 Å². The lowest BCUT2D eigenvalue weighted by atomic mass is 9.75. The zero-order valence-corrected chi connectivity index (χ0v) is 11.2. The highest BCUT2D eigenvalue weighted by Crippen LogP contribution is 2.33. The van der Waals surface area contributed by atoms with E-state index in [2.05, 4.69) is 44.1 Å². The lowest BCUT2D eigenvalue weighted by Crippen LogP contribution is -2.22. The minimum absolute atomic E-state index is 0.325. The molecule has 16 heavy (non-hydrogen) atoms. The second-order valence-electron chi connectivity index (χ2n) is 5.10. The predicted octanol–water partition coefficient (Wildman–Crippen LogP) is 4.64. The fraction of sp³-hybridized carbons (Fsp3) is 0.667. The normalized spacial score (nSPS) is 14.8. The van der Waals surface area contributed by atoms with E-state index in [1.54, 1.807) is 0 Å². The van der Waals surface area contributed by atoms with Crippen LogP contribution < -0.4 is 0 Å². The molecule has 0 radical (unpaired) electrons. The van der Waals surface area contributed by atoms with E-state index in [1.807, 2.05) is 6.92 Å². The molecule has 0 spiro atoms. The molecule has 1 unspecified atom stereocenters. The number of pyridine rings is 1. The Labute approximate surface area is 100 Å². The van der Waals surface area contributed by atoms with Crippen LogP contribution in [0.1, 0.15) is 64.1 Å². The van der Waals surface area contributed by atoms with Gasteiger partial charge in [0.05, 0.1) is 0 Å². The van der Waals surface area contributed by atoms with Crippen LogP contribution in [0.2, 0.25) is 0 Å². The van der Waals surface area contributed by atoms with Crippen molar-refractivity contribution in [3.05, 3.63) is 29.6 Å². The molecular weight excluding hydrogens is 194 g/mol. The molecule has 1 nitrogen and oxygen atoms in total. The average molecular weight is 219 g/mol. The van der Waals surface area contributed by atoms with Crippen LogP contribution in [0.25, 0.3) is 0 Å². The first-order valence-corrected chi connectivity index (χ1v) is 6.55. The molecule has 0 aromatic carbocycles. The Hall–Kier alpha value is -0.850. The quantitative estimate of drug-likeness (QED) is 0.679. The zero-order valence-electron chi connectivity index (χ0n) is 11.2. The molecule has 1 heteroatoms. The van der Waals surface area contributed by atoms with Gasteiger partial charge in [-0.15, -0.1) is 0 Å². The maximum atomic E-state index is 4.44. The molecule has 0 N–H and O–H groups in total. The van der Waals surface area contributed by atoms with E-state index < -0.39 is 0 Å². The van der Waals surface area contributed by atoms with Gasteiger partial charge in [-0.05, 0) is 36.8 Å². The first-order chi connectivity index (χ1) is 7.62. The smallest absolute Gasteiger partial charge is 0.0372 e. The van der Waals surface area contributed by atoms with Crippen LogP contribution >= 0.6 is 0 Å². The maximum Gasteiger partial charge on any atom is 0.0372 e. The Morgan fingerprint density at radius 2 is 1.88 bits per heavy atom. The van der Waals surface area contributed by atoms with E-state index in [-0.39, 0.29) is 0 Å². The molecule has 1 rings (SSSR count). The Morgan fingerprint density at radius 1 is 1.12 bits per heavy atom. The van der Waals surface area contributed by atoms with Gasteiger partial charge in [0.25, 0.3) is 0 Å². The van der Waals surface area contributed by atoms with Gasteiger partial charge in [-0.25, -0.2) is 0 Å². The summed E-state index contributed by atoms with van der Waals surface area (Å²) < 4.78 is 0. The van der Waals surface area contributed by atoms with Gasteiger partial charge >= 0.3 is 0 Å². The number of hydrogen-bond donors (Lipinski definition) is 0. The summed E-state index contributed by atoms with van der Waals surface area (Å²) in [6.45, 7) is 8.97. The average Bonchev–Trinajstić information content (AvgIpc) is 2.27. The molecule has 1 aromatic heterocycles. The Morgan fingerprint density at radius 3 is 2.38 bits per heavy atom. The summed E-state index contributed by atoms with van der Waals surface area (Å²) in [5.74, 6) is 0. The van der Waals surface area contributed by atoms with Gasteiger partial charge < -0.3 is 0 Å². The van der Waals surface area contributed by atoms with Crippen molar-refractivity contribution in [1.29, 1.82) is 0 Å². The summed E-state index contributed by atoms with van der Waals surface area (Å²) in [5, 5.41) is 0. The second kappa shape index (κ2) is 6.03. The van der Waals surface area contributed by atoms with Gasteiger partial charge in [-0.2, -0.15) is 0 Å². The number of aryl methyl sites for hydroxylation is 1. The van der Waals surface area contributed by atoms with Gasteiger partial charge in [-0.1, -0.05) is 46.1 Å². The first-order valence-electron chi connectivity index (χ1n) is 6.55. The molecule has 0 aliphatic heterocycles. The minimum Gasteiger partial charge on any atom is -0.261 e. The van der Waals surface area contributed by atoms with Crippen molar-refractivity contribution in [1.82, 2.24) is 4.98 Å². The standard InChI is InChI=1S/C15H25N/c1-5-7-11-15(4,10-6-2)14-9-8-13(3)16-12-14/h8-9,12H,5-7,10-11H2,1-4H3. The number of aromatic nitrogens is 1. The monoisotopic (exact) mass is 219 g/mol. The lowest BCUT2D eigenvalue weighted by molar-refractivity contribution is 0.381. The molecule has 90 valence electrons. The maximum absolute atomic E-state index is 4.44. The van der Waals surface area contributed by atoms with E-state index in [9.17, 15) is 0 Å². The SMILES string of the molecule is CCCCC(C)(CCC)c1ccc(C)nc1. The summed E-state index contributed by atoms with van der Waals surface area (Å²) in [6.07, 6.45) is 8.44. The third kappa shape index (κ3) is 3.33. The van der Waals surface area contributed by atoms with Crippen molar-refractivity contribution in [3.63, 3.8) is 0 Å². The van der Waals surface area contributed by atoms with Gasteiger partial charge in [0, 0.05) is 11.9 Å². The van der Waals surface area contributed by atoms with Crippen LogP contribution in [0.5, 0.6) is 0 Å². The molecule has 1 atom stereocenters. The lowest BCUT2D eigenvalue weighted by Gasteiger charge is -2.29. The van der Waals surface area contributed by atoms with Crippen molar-refractivity contribution >= 4 is 0 Å². The van der Waals surface area contributed by atoms with E-state index >= 15 is 0 Å². The van der Waals surface area contributed by atoms with E-state index in [1.165, 1.54) is 37.7 Å². The molecule has 0 aliphatic carbocycles. The highest BCUT2D eigenvalue weighted by atomic mass is 14.7. The van der Waals surface area contributed by atoms with Crippen LogP contribution in [0.3, 0.4) is 0 Å². The van der Waals surface area contributed by atoms with Crippen molar-refractivity contribution in [3.8, 4) is 0 Å². The molecule has 0 bridgehead atoms. The Kier molecular flexibility index (Phi) is 4.98. The van der Waals surface area contributed by atoms with Crippen LogP contribution in [0.15, 0.2) is 18.3 Å². The molecule has 0 aliphatic rings. The van der Waals surface area contributed by atoms with Crippen LogP contribution in [-0.2, 0) is 5.41 Å². The molecule has 0 saturated carbocycles.